The second-order valence-corrected chi connectivity index (χ2v) is 6.42. The van der Waals surface area contributed by atoms with E-state index in [9.17, 15) is 18.4 Å². The first-order valence-corrected chi connectivity index (χ1v) is 8.61. The van der Waals surface area contributed by atoms with Crippen molar-refractivity contribution in [3.63, 3.8) is 0 Å². The van der Waals surface area contributed by atoms with E-state index in [-0.39, 0.29) is 11.8 Å². The summed E-state index contributed by atoms with van der Waals surface area (Å²) in [7, 11) is 0. The molecule has 0 saturated heterocycles. The van der Waals surface area contributed by atoms with Gasteiger partial charge < -0.3 is 15.4 Å². The Morgan fingerprint density at radius 3 is 2.04 bits per heavy atom. The van der Waals surface area contributed by atoms with E-state index in [2.05, 4.69) is 10.6 Å². The molecular weight excluding hydrogens is 362 g/mol. The Labute approximate surface area is 154 Å². The summed E-state index contributed by atoms with van der Waals surface area (Å²) in [5, 5.41) is 5.30. The minimum absolute atomic E-state index is 0.176. The highest BCUT2D eigenvalue weighted by atomic mass is 32.2. The number of rotatable bonds is 7. The maximum Gasteiger partial charge on any atom is 0.288 e. The van der Waals surface area contributed by atoms with E-state index in [0.29, 0.717) is 33.8 Å². The van der Waals surface area contributed by atoms with Crippen LogP contribution in [0.5, 0.6) is 5.75 Å². The number of amides is 2. The number of hydrogen-bond acceptors (Lipinski definition) is 4. The van der Waals surface area contributed by atoms with Crippen LogP contribution in [0.15, 0.2) is 53.4 Å². The van der Waals surface area contributed by atoms with E-state index in [1.807, 2.05) is 0 Å². The Morgan fingerprint density at radius 2 is 1.50 bits per heavy atom. The van der Waals surface area contributed by atoms with Crippen LogP contribution in [0.25, 0.3) is 0 Å². The highest BCUT2D eigenvalue weighted by Gasteiger charge is 2.15. The topological polar surface area (TPSA) is 67.4 Å². The van der Waals surface area contributed by atoms with Crippen molar-refractivity contribution in [3.8, 4) is 5.75 Å². The Morgan fingerprint density at radius 1 is 0.962 bits per heavy atom. The number of ether oxygens (including phenoxy) is 1. The van der Waals surface area contributed by atoms with Crippen molar-refractivity contribution >= 4 is 35.0 Å². The van der Waals surface area contributed by atoms with Crippen LogP contribution in [-0.4, -0.2) is 23.7 Å². The third-order valence-electron chi connectivity index (χ3n) is 3.20. The maximum absolute atomic E-state index is 12.3. The molecular formula is C18H18F2N2O3S. The molecule has 0 aromatic heterocycles. The molecule has 0 bridgehead atoms. The van der Waals surface area contributed by atoms with Gasteiger partial charge in [-0.15, -0.1) is 0 Å². The van der Waals surface area contributed by atoms with Crippen molar-refractivity contribution in [2.45, 2.75) is 30.6 Å². The molecule has 2 aromatic carbocycles. The van der Waals surface area contributed by atoms with Gasteiger partial charge in [0.25, 0.3) is 11.7 Å². The summed E-state index contributed by atoms with van der Waals surface area (Å²) >= 11 is 0.442. The number of carbonyl (C=O) groups excluding carboxylic acids is 2. The van der Waals surface area contributed by atoms with E-state index in [1.54, 1.807) is 43.3 Å². The molecule has 2 amide bonds. The molecule has 2 rings (SSSR count). The van der Waals surface area contributed by atoms with Gasteiger partial charge in [0.1, 0.15) is 5.75 Å². The zero-order valence-electron chi connectivity index (χ0n) is 14.2. The Balaban J connectivity index is 1.89. The van der Waals surface area contributed by atoms with Crippen molar-refractivity contribution in [1.29, 1.82) is 0 Å². The zero-order chi connectivity index (χ0) is 19.1. The summed E-state index contributed by atoms with van der Waals surface area (Å²) in [4.78, 5) is 23.6. The number of hydrogen-bond donors (Lipinski definition) is 2. The van der Waals surface area contributed by atoms with Crippen LogP contribution in [0, 0.1) is 0 Å². The molecule has 0 radical (unpaired) electrons. The quantitative estimate of drug-likeness (QED) is 0.700. The second-order valence-electron chi connectivity index (χ2n) is 5.36. The number of benzene rings is 2. The molecule has 2 aromatic rings. The molecule has 26 heavy (non-hydrogen) atoms. The molecule has 1 atom stereocenters. The number of halogens is 2. The lowest BCUT2D eigenvalue weighted by Crippen LogP contribution is -2.30. The molecule has 0 saturated carbocycles. The highest BCUT2D eigenvalue weighted by molar-refractivity contribution is 7.99. The van der Waals surface area contributed by atoms with Gasteiger partial charge in [-0.25, -0.2) is 0 Å². The molecule has 0 heterocycles. The normalized spacial score (nSPS) is 11.7. The van der Waals surface area contributed by atoms with Gasteiger partial charge in [-0.1, -0.05) is 11.8 Å². The van der Waals surface area contributed by atoms with Gasteiger partial charge in [-0.05, 0) is 55.5 Å². The fourth-order valence-electron chi connectivity index (χ4n) is 2.04. The van der Waals surface area contributed by atoms with Gasteiger partial charge in [0.05, 0.1) is 0 Å². The van der Waals surface area contributed by atoms with Crippen LogP contribution in [-0.2, 0) is 9.59 Å². The fourth-order valence-corrected chi connectivity index (χ4v) is 2.54. The van der Waals surface area contributed by atoms with Crippen LogP contribution >= 0.6 is 11.8 Å². The molecule has 0 unspecified atom stereocenters. The average molecular weight is 380 g/mol. The van der Waals surface area contributed by atoms with Gasteiger partial charge in [0, 0.05) is 23.2 Å². The minimum Gasteiger partial charge on any atom is -0.481 e. The molecule has 0 aliphatic carbocycles. The Hall–Kier alpha value is -2.61. The third-order valence-corrected chi connectivity index (χ3v) is 3.93. The molecule has 0 aliphatic rings. The highest BCUT2D eigenvalue weighted by Crippen LogP contribution is 2.26. The first kappa shape index (κ1) is 19.7. The fraction of sp³-hybridized carbons (Fsp3) is 0.222. The van der Waals surface area contributed by atoms with E-state index < -0.39 is 11.9 Å². The first-order valence-electron chi connectivity index (χ1n) is 7.73. The second kappa shape index (κ2) is 9.19. The van der Waals surface area contributed by atoms with Crippen molar-refractivity contribution in [1.82, 2.24) is 0 Å². The number of thioether (sulfide) groups is 1. The molecule has 5 nitrogen and oxygen atoms in total. The number of carbonyl (C=O) groups is 2. The summed E-state index contributed by atoms with van der Waals surface area (Å²) in [6.07, 6.45) is -0.767. The summed E-state index contributed by atoms with van der Waals surface area (Å²) in [5.74, 6) is -2.55. The van der Waals surface area contributed by atoms with E-state index in [1.165, 1.54) is 19.1 Å². The van der Waals surface area contributed by atoms with Crippen LogP contribution in [0.3, 0.4) is 0 Å². The standard InChI is InChI=1S/C18H18F2N2O3S/c1-11(25-15-7-3-13(4-8-15)21-12(2)23)17(24)22-14-5-9-16(10-6-14)26-18(19)20/h3-11,18H,1-2H3,(H,21,23)(H,22,24)/t11-/m1/s1. The maximum atomic E-state index is 12.3. The van der Waals surface area contributed by atoms with E-state index >= 15 is 0 Å². The average Bonchev–Trinajstić information content (AvgIpc) is 2.57. The summed E-state index contributed by atoms with van der Waals surface area (Å²) in [5.41, 5.74) is 1.12. The van der Waals surface area contributed by atoms with E-state index in [0.717, 1.165) is 0 Å². The van der Waals surface area contributed by atoms with E-state index in [4.69, 9.17) is 4.74 Å². The van der Waals surface area contributed by atoms with Gasteiger partial charge in [0.2, 0.25) is 5.91 Å². The SMILES string of the molecule is CC(=O)Nc1ccc(O[C@H](C)C(=O)Nc2ccc(SC(F)F)cc2)cc1. The smallest absolute Gasteiger partial charge is 0.288 e. The zero-order valence-corrected chi connectivity index (χ0v) is 15.0. The molecule has 138 valence electrons. The third kappa shape index (κ3) is 6.36. The first-order chi connectivity index (χ1) is 12.3. The summed E-state index contributed by atoms with van der Waals surface area (Å²) in [6.45, 7) is 3.01. The largest absolute Gasteiger partial charge is 0.481 e. The van der Waals surface area contributed by atoms with Gasteiger partial charge in [-0.2, -0.15) is 8.78 Å². The van der Waals surface area contributed by atoms with Gasteiger partial charge >= 0.3 is 0 Å². The number of nitrogens with one attached hydrogen (secondary N) is 2. The van der Waals surface area contributed by atoms with Crippen LogP contribution in [0.2, 0.25) is 0 Å². The summed E-state index contributed by atoms with van der Waals surface area (Å²) in [6, 6.07) is 12.8. The molecule has 8 heteroatoms. The lowest BCUT2D eigenvalue weighted by atomic mass is 10.2. The Bertz CT molecular complexity index is 752. The Kier molecular flexibility index (Phi) is 6.97. The van der Waals surface area contributed by atoms with Gasteiger partial charge in [-0.3, -0.25) is 9.59 Å². The molecule has 0 fully saturated rings. The minimum atomic E-state index is -2.49. The van der Waals surface area contributed by atoms with Crippen LogP contribution in [0.1, 0.15) is 13.8 Å². The lowest BCUT2D eigenvalue weighted by molar-refractivity contribution is -0.122. The van der Waals surface area contributed by atoms with Crippen molar-refractivity contribution < 1.29 is 23.1 Å². The number of anilines is 2. The monoisotopic (exact) mass is 380 g/mol. The molecule has 2 N–H and O–H groups in total. The molecule has 0 spiro atoms. The van der Waals surface area contributed by atoms with Crippen molar-refractivity contribution in [3.05, 3.63) is 48.5 Å². The predicted octanol–water partition coefficient (Wildman–Crippen LogP) is 4.37. The van der Waals surface area contributed by atoms with Crippen LogP contribution in [0.4, 0.5) is 20.2 Å². The molecule has 0 aliphatic heterocycles. The van der Waals surface area contributed by atoms with Crippen molar-refractivity contribution in [2.24, 2.45) is 0 Å². The van der Waals surface area contributed by atoms with Crippen molar-refractivity contribution in [2.75, 3.05) is 10.6 Å². The van der Waals surface area contributed by atoms with Gasteiger partial charge in [0.15, 0.2) is 6.10 Å². The summed E-state index contributed by atoms with van der Waals surface area (Å²) < 4.78 is 30.1. The van der Waals surface area contributed by atoms with Crippen LogP contribution < -0.4 is 15.4 Å². The predicted molar refractivity (Wildman–Crippen MR) is 97.8 cm³/mol. The lowest BCUT2D eigenvalue weighted by Gasteiger charge is -2.15. The number of alkyl halides is 2.